The van der Waals surface area contributed by atoms with E-state index >= 15 is 0 Å². The first-order valence-corrected chi connectivity index (χ1v) is 11.3. The van der Waals surface area contributed by atoms with Gasteiger partial charge in [0.25, 0.3) is 5.56 Å². The van der Waals surface area contributed by atoms with E-state index < -0.39 is 0 Å². The number of aromatic nitrogens is 5. The van der Waals surface area contributed by atoms with Gasteiger partial charge in [0.1, 0.15) is 0 Å². The zero-order valence-electron chi connectivity index (χ0n) is 18.7. The zero-order valence-corrected chi connectivity index (χ0v) is 18.7. The highest BCUT2D eigenvalue weighted by Gasteiger charge is 2.23. The summed E-state index contributed by atoms with van der Waals surface area (Å²) in [7, 11) is 1.67. The molecule has 5 aromatic rings. The van der Waals surface area contributed by atoms with Gasteiger partial charge in [-0.1, -0.05) is 42.5 Å². The molecule has 1 saturated heterocycles. The molecule has 1 fully saturated rings. The van der Waals surface area contributed by atoms with Crippen molar-refractivity contribution in [3.05, 3.63) is 80.8 Å². The van der Waals surface area contributed by atoms with E-state index in [1.807, 2.05) is 60.0 Å². The predicted octanol–water partition coefficient (Wildman–Crippen LogP) is 2.84. The molecule has 0 saturated carbocycles. The fourth-order valence-corrected chi connectivity index (χ4v) is 5.01. The Morgan fingerprint density at radius 3 is 2.73 bits per heavy atom. The molecular weight excluding hydrogens is 418 g/mol. The van der Waals surface area contributed by atoms with Gasteiger partial charge in [-0.25, -0.2) is 4.79 Å². The average molecular weight is 444 g/mol. The second-order valence-electron chi connectivity index (χ2n) is 8.84. The maximum atomic E-state index is 13.6. The van der Waals surface area contributed by atoms with Gasteiger partial charge in [0.15, 0.2) is 11.2 Å². The van der Waals surface area contributed by atoms with E-state index in [2.05, 4.69) is 4.57 Å². The van der Waals surface area contributed by atoms with Crippen LogP contribution in [0.5, 0.6) is 0 Å². The maximum Gasteiger partial charge on any atom is 0.332 e. The van der Waals surface area contributed by atoms with Crippen LogP contribution in [0.3, 0.4) is 0 Å². The fraction of sp³-hybridized carbons (Fsp3) is 0.320. The fourth-order valence-electron chi connectivity index (χ4n) is 5.01. The molecule has 8 heteroatoms. The summed E-state index contributed by atoms with van der Waals surface area (Å²) in [6, 6.07) is 14.0. The highest BCUT2D eigenvalue weighted by atomic mass is 16.5. The monoisotopic (exact) mass is 443 g/mol. The topological polar surface area (TPSA) is 75.5 Å². The van der Waals surface area contributed by atoms with Crippen molar-refractivity contribution >= 4 is 27.7 Å². The van der Waals surface area contributed by atoms with Crippen LogP contribution in [0, 0.1) is 6.92 Å². The number of aryl methyl sites for hydroxylation is 2. The number of benzene rings is 2. The number of imidazole rings is 2. The van der Waals surface area contributed by atoms with E-state index in [1.165, 1.54) is 9.13 Å². The van der Waals surface area contributed by atoms with Gasteiger partial charge in [-0.2, -0.15) is 4.98 Å². The second-order valence-corrected chi connectivity index (χ2v) is 8.84. The zero-order chi connectivity index (χ0) is 22.7. The lowest BCUT2D eigenvalue weighted by atomic mass is 10.0. The standard InChI is InChI=1S/C25H25N5O3/c1-16-13-29-21-22(26-24(29)28(16)15-19-10-6-12-33-19)27(2)25(32)30(23(21)31)14-18-9-5-8-17-7-3-4-11-20(17)18/h3-5,7-9,11,13,19H,6,10,12,14-15H2,1-2H3/t19-/m0/s1. The van der Waals surface area contributed by atoms with Crippen molar-refractivity contribution in [1.82, 2.24) is 23.1 Å². The Morgan fingerprint density at radius 1 is 1.09 bits per heavy atom. The van der Waals surface area contributed by atoms with Gasteiger partial charge >= 0.3 is 5.69 Å². The molecule has 0 bridgehead atoms. The Hall–Kier alpha value is -3.65. The van der Waals surface area contributed by atoms with Crippen LogP contribution >= 0.6 is 0 Å². The van der Waals surface area contributed by atoms with E-state index in [0.717, 1.165) is 41.5 Å². The van der Waals surface area contributed by atoms with Gasteiger partial charge in [-0.3, -0.25) is 18.3 Å². The minimum absolute atomic E-state index is 0.145. The third kappa shape index (κ3) is 3.05. The van der Waals surface area contributed by atoms with Gasteiger partial charge in [-0.05, 0) is 36.1 Å². The van der Waals surface area contributed by atoms with Crippen molar-refractivity contribution in [2.45, 2.75) is 39.0 Å². The molecule has 33 heavy (non-hydrogen) atoms. The molecule has 168 valence electrons. The molecule has 3 aromatic heterocycles. The highest BCUT2D eigenvalue weighted by molar-refractivity contribution is 5.85. The summed E-state index contributed by atoms with van der Waals surface area (Å²) in [6.07, 6.45) is 4.14. The van der Waals surface area contributed by atoms with Gasteiger partial charge in [0.05, 0.1) is 19.2 Å². The Bertz CT molecular complexity index is 1640. The third-order valence-corrected chi connectivity index (χ3v) is 6.76. The summed E-state index contributed by atoms with van der Waals surface area (Å²) in [5.74, 6) is 0.660. The lowest BCUT2D eigenvalue weighted by Crippen LogP contribution is -2.39. The van der Waals surface area contributed by atoms with E-state index in [9.17, 15) is 9.59 Å². The first kappa shape index (κ1) is 20.0. The molecule has 2 aromatic carbocycles. The van der Waals surface area contributed by atoms with E-state index in [0.29, 0.717) is 23.5 Å². The summed E-state index contributed by atoms with van der Waals surface area (Å²) < 4.78 is 12.5. The van der Waals surface area contributed by atoms with E-state index in [1.54, 1.807) is 7.05 Å². The molecule has 0 aliphatic carbocycles. The number of fused-ring (bicyclic) bond motifs is 4. The van der Waals surface area contributed by atoms with Crippen LogP contribution in [0.2, 0.25) is 0 Å². The quantitative estimate of drug-likeness (QED) is 0.428. The summed E-state index contributed by atoms with van der Waals surface area (Å²) in [5, 5.41) is 2.11. The lowest BCUT2D eigenvalue weighted by molar-refractivity contribution is 0.0974. The number of nitrogens with zero attached hydrogens (tertiary/aromatic N) is 5. The van der Waals surface area contributed by atoms with Crippen molar-refractivity contribution < 1.29 is 4.74 Å². The first-order valence-electron chi connectivity index (χ1n) is 11.3. The summed E-state index contributed by atoms with van der Waals surface area (Å²) >= 11 is 0. The highest BCUT2D eigenvalue weighted by Crippen LogP contribution is 2.21. The molecule has 1 atom stereocenters. The second kappa shape index (κ2) is 7.45. The molecule has 0 unspecified atom stereocenters. The SMILES string of the molecule is Cc1cn2c3c(=O)n(Cc4cccc5ccccc45)c(=O)n(C)c3nc2n1C[C@@H]1CCCO1. The first-order chi connectivity index (χ1) is 16.0. The van der Waals surface area contributed by atoms with Gasteiger partial charge in [0.2, 0.25) is 5.78 Å². The Morgan fingerprint density at radius 2 is 1.91 bits per heavy atom. The number of hydrogen-bond acceptors (Lipinski definition) is 4. The van der Waals surface area contributed by atoms with Crippen LogP contribution in [0.25, 0.3) is 27.7 Å². The summed E-state index contributed by atoms with van der Waals surface area (Å²) in [6.45, 7) is 3.67. The van der Waals surface area contributed by atoms with Crippen molar-refractivity contribution in [2.24, 2.45) is 7.05 Å². The predicted molar refractivity (Wildman–Crippen MR) is 127 cm³/mol. The largest absolute Gasteiger partial charge is 0.376 e. The van der Waals surface area contributed by atoms with Crippen LogP contribution in [0.4, 0.5) is 0 Å². The van der Waals surface area contributed by atoms with Crippen LogP contribution < -0.4 is 11.2 Å². The molecule has 8 nitrogen and oxygen atoms in total. The van der Waals surface area contributed by atoms with Crippen molar-refractivity contribution in [1.29, 1.82) is 0 Å². The van der Waals surface area contributed by atoms with Crippen LogP contribution in [0.1, 0.15) is 24.1 Å². The van der Waals surface area contributed by atoms with Crippen molar-refractivity contribution in [2.75, 3.05) is 6.61 Å². The minimum atomic E-state index is -0.372. The average Bonchev–Trinajstić information content (AvgIpc) is 3.53. The number of hydrogen-bond donors (Lipinski definition) is 0. The molecule has 0 spiro atoms. The minimum Gasteiger partial charge on any atom is -0.376 e. The molecule has 0 amide bonds. The number of rotatable bonds is 4. The molecule has 0 N–H and O–H groups in total. The molecule has 6 rings (SSSR count). The maximum absolute atomic E-state index is 13.6. The van der Waals surface area contributed by atoms with E-state index in [-0.39, 0.29) is 23.9 Å². The molecular formula is C25H25N5O3. The normalized spacial score (nSPS) is 16.5. The molecule has 0 radical (unpaired) electrons. The van der Waals surface area contributed by atoms with Gasteiger partial charge < -0.3 is 9.30 Å². The lowest BCUT2D eigenvalue weighted by Gasteiger charge is -2.11. The van der Waals surface area contributed by atoms with Gasteiger partial charge in [0, 0.05) is 25.5 Å². The number of ether oxygens (including phenoxy) is 1. The third-order valence-electron chi connectivity index (χ3n) is 6.76. The summed E-state index contributed by atoms with van der Waals surface area (Å²) in [4.78, 5) is 31.6. The Balaban J connectivity index is 1.54. The molecule has 1 aliphatic rings. The van der Waals surface area contributed by atoms with Crippen LogP contribution in [0.15, 0.2) is 58.3 Å². The van der Waals surface area contributed by atoms with Crippen LogP contribution in [-0.4, -0.2) is 35.8 Å². The van der Waals surface area contributed by atoms with Crippen molar-refractivity contribution in [3.63, 3.8) is 0 Å². The smallest absolute Gasteiger partial charge is 0.332 e. The molecule has 4 heterocycles. The van der Waals surface area contributed by atoms with E-state index in [4.69, 9.17) is 9.72 Å². The summed E-state index contributed by atoms with van der Waals surface area (Å²) in [5.41, 5.74) is 2.05. The Labute approximate surface area is 189 Å². The van der Waals surface area contributed by atoms with Crippen molar-refractivity contribution in [3.8, 4) is 0 Å². The Kier molecular flexibility index (Phi) is 4.51. The van der Waals surface area contributed by atoms with Crippen LogP contribution in [-0.2, 0) is 24.9 Å². The molecule has 1 aliphatic heterocycles. The van der Waals surface area contributed by atoms with Gasteiger partial charge in [-0.15, -0.1) is 0 Å².